The molecule has 0 amide bonds. The smallest absolute Gasteiger partial charge is 0.124 e. The van der Waals surface area contributed by atoms with Crippen LogP contribution in [0.1, 0.15) is 25.3 Å². The van der Waals surface area contributed by atoms with Crippen LogP contribution in [0.2, 0.25) is 0 Å². The highest BCUT2D eigenvalue weighted by Crippen LogP contribution is 2.24. The van der Waals surface area contributed by atoms with Gasteiger partial charge in [-0.05, 0) is 56.9 Å². The minimum absolute atomic E-state index is 0.799. The van der Waals surface area contributed by atoms with Crippen molar-refractivity contribution in [3.8, 4) is 5.75 Å². The lowest BCUT2D eigenvalue weighted by Crippen LogP contribution is -2.32. The van der Waals surface area contributed by atoms with Crippen LogP contribution in [0.25, 0.3) is 0 Å². The number of methoxy groups -OCH3 is 1. The van der Waals surface area contributed by atoms with Gasteiger partial charge in [0.25, 0.3) is 0 Å². The molecule has 2 rings (SSSR count). The zero-order valence-electron chi connectivity index (χ0n) is 12.4. The summed E-state index contributed by atoms with van der Waals surface area (Å²) in [4.78, 5) is 2.41. The summed E-state index contributed by atoms with van der Waals surface area (Å²) in [6.07, 6.45) is 3.61. The van der Waals surface area contributed by atoms with Crippen molar-refractivity contribution in [1.29, 1.82) is 0 Å². The molecule has 3 nitrogen and oxygen atoms in total. The predicted molar refractivity (Wildman–Crippen MR) is 81.1 cm³/mol. The number of rotatable bonds is 5. The van der Waals surface area contributed by atoms with Crippen molar-refractivity contribution in [2.75, 3.05) is 39.1 Å². The monoisotopic (exact) mass is 262 g/mol. The average molecular weight is 262 g/mol. The number of aryl methyl sites for hydroxylation is 1. The minimum Gasteiger partial charge on any atom is -0.496 e. The molecule has 1 fully saturated rings. The third-order valence-corrected chi connectivity index (χ3v) is 4.10. The largest absolute Gasteiger partial charge is 0.496 e. The number of ether oxygens (including phenoxy) is 1. The van der Waals surface area contributed by atoms with Gasteiger partial charge in [0.15, 0.2) is 0 Å². The van der Waals surface area contributed by atoms with Crippen LogP contribution in [0, 0.1) is 5.92 Å². The lowest BCUT2D eigenvalue weighted by molar-refractivity contribution is 0.226. The van der Waals surface area contributed by atoms with Crippen molar-refractivity contribution in [3.05, 3.63) is 23.8 Å². The van der Waals surface area contributed by atoms with E-state index in [2.05, 4.69) is 42.4 Å². The molecule has 19 heavy (non-hydrogen) atoms. The lowest BCUT2D eigenvalue weighted by atomic mass is 9.97. The maximum Gasteiger partial charge on any atom is 0.124 e. The molecule has 0 aliphatic carbocycles. The van der Waals surface area contributed by atoms with Gasteiger partial charge in [-0.25, -0.2) is 0 Å². The maximum absolute atomic E-state index is 5.44. The van der Waals surface area contributed by atoms with Crippen LogP contribution in [0.15, 0.2) is 18.2 Å². The van der Waals surface area contributed by atoms with Crippen LogP contribution in [-0.4, -0.2) is 38.7 Å². The Morgan fingerprint density at radius 1 is 1.32 bits per heavy atom. The summed E-state index contributed by atoms with van der Waals surface area (Å²) in [6, 6.07) is 6.44. The first kappa shape index (κ1) is 14.2. The van der Waals surface area contributed by atoms with Gasteiger partial charge in [-0.1, -0.05) is 13.0 Å². The average Bonchev–Trinajstić information content (AvgIpc) is 2.46. The van der Waals surface area contributed by atoms with E-state index in [1.807, 2.05) is 0 Å². The van der Waals surface area contributed by atoms with E-state index in [-0.39, 0.29) is 0 Å². The van der Waals surface area contributed by atoms with Crippen LogP contribution in [-0.2, 0) is 6.42 Å². The molecule has 3 heteroatoms. The topological polar surface area (TPSA) is 24.5 Å². The summed E-state index contributed by atoms with van der Waals surface area (Å²) in [6.45, 7) is 5.68. The first-order chi connectivity index (χ1) is 9.22. The quantitative estimate of drug-likeness (QED) is 0.883. The van der Waals surface area contributed by atoms with E-state index in [0.29, 0.717) is 0 Å². The molecule has 1 heterocycles. The predicted octanol–water partition coefficient (Wildman–Crippen LogP) is 3.01. The van der Waals surface area contributed by atoms with Crippen LogP contribution < -0.4 is 10.1 Å². The molecule has 0 saturated carbocycles. The Balaban J connectivity index is 1.89. The first-order valence-electron chi connectivity index (χ1n) is 7.32. The second-order valence-electron chi connectivity index (χ2n) is 5.51. The Morgan fingerprint density at radius 3 is 2.68 bits per heavy atom. The Morgan fingerprint density at radius 2 is 2.05 bits per heavy atom. The number of hydrogen-bond acceptors (Lipinski definition) is 3. The van der Waals surface area contributed by atoms with E-state index in [0.717, 1.165) is 24.6 Å². The molecular formula is C16H26N2O. The Bertz CT molecular complexity index is 398. The third-order valence-electron chi connectivity index (χ3n) is 4.10. The summed E-state index contributed by atoms with van der Waals surface area (Å²) in [7, 11) is 3.95. The molecule has 1 aromatic rings. The van der Waals surface area contributed by atoms with Gasteiger partial charge in [0, 0.05) is 18.3 Å². The summed E-state index contributed by atoms with van der Waals surface area (Å²) >= 11 is 0. The summed E-state index contributed by atoms with van der Waals surface area (Å²) in [5.41, 5.74) is 2.44. The van der Waals surface area contributed by atoms with Crippen LogP contribution in [0.5, 0.6) is 5.75 Å². The van der Waals surface area contributed by atoms with Gasteiger partial charge in [-0.2, -0.15) is 0 Å². The van der Waals surface area contributed by atoms with Crippen molar-refractivity contribution in [3.63, 3.8) is 0 Å². The normalized spacial score (nSPS) is 17.4. The molecule has 106 valence electrons. The minimum atomic E-state index is 0.799. The molecule has 1 aliphatic rings. The first-order valence-corrected chi connectivity index (χ1v) is 7.32. The van der Waals surface area contributed by atoms with Crippen molar-refractivity contribution in [2.45, 2.75) is 26.2 Å². The summed E-state index contributed by atoms with van der Waals surface area (Å²) in [5, 5.41) is 3.56. The van der Waals surface area contributed by atoms with E-state index in [4.69, 9.17) is 4.74 Å². The Kier molecular flexibility index (Phi) is 5.08. The number of likely N-dealkylation sites (tertiary alicyclic amines) is 1. The number of nitrogens with one attached hydrogen (secondary N) is 1. The van der Waals surface area contributed by atoms with Crippen molar-refractivity contribution in [1.82, 2.24) is 4.90 Å². The maximum atomic E-state index is 5.44. The molecule has 0 spiro atoms. The SMILES string of the molecule is CCc1ccc(NCC2CCN(C)CC2)cc1OC. The second-order valence-corrected chi connectivity index (χ2v) is 5.51. The van der Waals surface area contributed by atoms with Crippen molar-refractivity contribution in [2.24, 2.45) is 5.92 Å². The summed E-state index contributed by atoms with van der Waals surface area (Å²) in [5.74, 6) is 1.80. The molecule has 1 N–H and O–H groups in total. The van der Waals surface area contributed by atoms with E-state index in [1.165, 1.54) is 37.2 Å². The molecule has 0 unspecified atom stereocenters. The van der Waals surface area contributed by atoms with Crippen molar-refractivity contribution >= 4 is 5.69 Å². The number of hydrogen-bond donors (Lipinski definition) is 1. The lowest BCUT2D eigenvalue weighted by Gasteiger charge is -2.29. The van der Waals surface area contributed by atoms with Crippen molar-refractivity contribution < 1.29 is 4.74 Å². The highest BCUT2D eigenvalue weighted by Gasteiger charge is 2.16. The highest BCUT2D eigenvalue weighted by atomic mass is 16.5. The number of nitrogens with zero attached hydrogens (tertiary/aromatic N) is 1. The van der Waals surface area contributed by atoms with Gasteiger partial charge >= 0.3 is 0 Å². The number of benzene rings is 1. The second kappa shape index (κ2) is 6.80. The standard InChI is InChI=1S/C16H26N2O/c1-4-14-5-6-15(11-16(14)19-3)17-12-13-7-9-18(2)10-8-13/h5-6,11,13,17H,4,7-10,12H2,1-3H3. The fraction of sp³-hybridized carbons (Fsp3) is 0.625. The van der Waals surface area contributed by atoms with Gasteiger partial charge in [0.1, 0.15) is 5.75 Å². The Labute approximate surface area is 116 Å². The molecule has 0 aromatic heterocycles. The molecule has 0 bridgehead atoms. The van der Waals surface area contributed by atoms with Gasteiger partial charge in [0.05, 0.1) is 7.11 Å². The zero-order chi connectivity index (χ0) is 13.7. The van der Waals surface area contributed by atoms with E-state index in [9.17, 15) is 0 Å². The fourth-order valence-electron chi connectivity index (χ4n) is 2.67. The molecular weight excluding hydrogens is 236 g/mol. The van der Waals surface area contributed by atoms with Gasteiger partial charge in [-0.3, -0.25) is 0 Å². The highest BCUT2D eigenvalue weighted by molar-refractivity contribution is 5.51. The van der Waals surface area contributed by atoms with E-state index >= 15 is 0 Å². The number of piperidine rings is 1. The summed E-state index contributed by atoms with van der Waals surface area (Å²) < 4.78 is 5.44. The third kappa shape index (κ3) is 3.87. The molecule has 0 atom stereocenters. The van der Waals surface area contributed by atoms with Gasteiger partial charge in [0.2, 0.25) is 0 Å². The molecule has 1 aliphatic heterocycles. The Hall–Kier alpha value is -1.22. The molecule has 1 saturated heterocycles. The van der Waals surface area contributed by atoms with Crippen LogP contribution >= 0.6 is 0 Å². The van der Waals surface area contributed by atoms with E-state index < -0.39 is 0 Å². The van der Waals surface area contributed by atoms with Crippen LogP contribution in [0.4, 0.5) is 5.69 Å². The molecule has 0 radical (unpaired) electrons. The zero-order valence-corrected chi connectivity index (χ0v) is 12.4. The fourth-order valence-corrected chi connectivity index (χ4v) is 2.67. The van der Waals surface area contributed by atoms with Gasteiger partial charge in [-0.15, -0.1) is 0 Å². The van der Waals surface area contributed by atoms with Gasteiger partial charge < -0.3 is 15.0 Å². The van der Waals surface area contributed by atoms with E-state index in [1.54, 1.807) is 7.11 Å². The number of anilines is 1. The van der Waals surface area contributed by atoms with Crippen LogP contribution in [0.3, 0.4) is 0 Å². The molecule has 1 aromatic carbocycles.